The van der Waals surface area contributed by atoms with E-state index in [2.05, 4.69) is 5.32 Å². The number of nitrogens with zero attached hydrogens (tertiary/aromatic N) is 2. The van der Waals surface area contributed by atoms with Crippen molar-refractivity contribution in [1.29, 1.82) is 0 Å². The third-order valence-corrected chi connectivity index (χ3v) is 5.74. The van der Waals surface area contributed by atoms with Crippen LogP contribution in [0, 0.1) is 5.92 Å². The predicted molar refractivity (Wildman–Crippen MR) is 103 cm³/mol. The standard InChI is InChI=1S/C20H24ClN3O4/c1-12-6-3-4-9-16(12)24-19(27)18(26)23(20(24)28)11-17(25)22-13(2)14-7-5-8-15(21)10-14/h5,7-8,10,12-13,16H,3-4,6,9,11H2,1-2H3,(H,22,25)/t12-,13-,16+/m0/s1. The first-order valence-electron chi connectivity index (χ1n) is 9.53. The predicted octanol–water partition coefficient (Wildman–Crippen LogP) is 2.89. The highest BCUT2D eigenvalue weighted by atomic mass is 35.5. The minimum Gasteiger partial charge on any atom is -0.348 e. The number of carbonyl (C=O) groups is 4. The fraction of sp³-hybridized carbons (Fsp3) is 0.500. The zero-order valence-corrected chi connectivity index (χ0v) is 16.7. The second-order valence-electron chi connectivity index (χ2n) is 7.52. The summed E-state index contributed by atoms with van der Waals surface area (Å²) in [6, 6.07) is 5.72. The van der Waals surface area contributed by atoms with Crippen LogP contribution in [0.15, 0.2) is 24.3 Å². The van der Waals surface area contributed by atoms with Gasteiger partial charge in [-0.2, -0.15) is 0 Å². The summed E-state index contributed by atoms with van der Waals surface area (Å²) in [6.45, 7) is 3.28. The van der Waals surface area contributed by atoms with E-state index in [0.29, 0.717) is 11.4 Å². The van der Waals surface area contributed by atoms with Crippen LogP contribution in [0.2, 0.25) is 5.02 Å². The Kier molecular flexibility index (Phi) is 6.03. The van der Waals surface area contributed by atoms with Crippen LogP contribution in [-0.4, -0.2) is 46.1 Å². The van der Waals surface area contributed by atoms with Crippen molar-refractivity contribution in [2.75, 3.05) is 6.54 Å². The summed E-state index contributed by atoms with van der Waals surface area (Å²) in [6.07, 6.45) is 3.57. The first kappa shape index (κ1) is 20.3. The van der Waals surface area contributed by atoms with Gasteiger partial charge in [-0.3, -0.25) is 19.3 Å². The number of imide groups is 2. The molecule has 8 heteroatoms. The van der Waals surface area contributed by atoms with Gasteiger partial charge in [-0.15, -0.1) is 0 Å². The van der Waals surface area contributed by atoms with Gasteiger partial charge < -0.3 is 5.32 Å². The lowest BCUT2D eigenvalue weighted by Gasteiger charge is -2.34. The van der Waals surface area contributed by atoms with Crippen molar-refractivity contribution >= 4 is 35.4 Å². The van der Waals surface area contributed by atoms with Gasteiger partial charge in [0, 0.05) is 11.1 Å². The number of nitrogens with one attached hydrogen (secondary N) is 1. The molecule has 2 aliphatic rings. The van der Waals surface area contributed by atoms with Crippen molar-refractivity contribution in [1.82, 2.24) is 15.1 Å². The van der Waals surface area contributed by atoms with Gasteiger partial charge in [0.25, 0.3) is 0 Å². The molecule has 1 N–H and O–H groups in total. The first-order valence-corrected chi connectivity index (χ1v) is 9.91. The third kappa shape index (κ3) is 4.04. The Morgan fingerprint density at radius 3 is 2.61 bits per heavy atom. The molecule has 150 valence electrons. The zero-order chi connectivity index (χ0) is 20.4. The van der Waals surface area contributed by atoms with E-state index in [9.17, 15) is 19.2 Å². The van der Waals surface area contributed by atoms with Crippen LogP contribution in [0.4, 0.5) is 4.79 Å². The molecule has 1 aromatic rings. The highest BCUT2D eigenvalue weighted by Crippen LogP contribution is 2.31. The molecule has 1 heterocycles. The number of halogens is 1. The van der Waals surface area contributed by atoms with E-state index in [1.54, 1.807) is 25.1 Å². The molecule has 28 heavy (non-hydrogen) atoms. The molecule has 2 fully saturated rings. The largest absolute Gasteiger partial charge is 0.348 e. The molecular weight excluding hydrogens is 382 g/mol. The number of carbonyl (C=O) groups excluding carboxylic acids is 4. The second-order valence-corrected chi connectivity index (χ2v) is 7.96. The van der Waals surface area contributed by atoms with Gasteiger partial charge in [-0.05, 0) is 43.4 Å². The van der Waals surface area contributed by atoms with Gasteiger partial charge in [0.2, 0.25) is 5.91 Å². The van der Waals surface area contributed by atoms with E-state index in [1.165, 1.54) is 0 Å². The number of amides is 5. The molecule has 0 unspecified atom stereocenters. The lowest BCUT2D eigenvalue weighted by molar-refractivity contribution is -0.145. The normalized spacial score (nSPS) is 23.9. The Morgan fingerprint density at radius 1 is 1.21 bits per heavy atom. The molecule has 3 rings (SSSR count). The summed E-state index contributed by atoms with van der Waals surface area (Å²) in [5.41, 5.74) is 0.800. The summed E-state index contributed by atoms with van der Waals surface area (Å²) in [5.74, 6) is -2.14. The molecule has 0 spiro atoms. The van der Waals surface area contributed by atoms with Gasteiger partial charge in [0.1, 0.15) is 6.54 Å². The number of urea groups is 1. The maximum atomic E-state index is 12.7. The van der Waals surface area contributed by atoms with Crippen LogP contribution in [0.5, 0.6) is 0 Å². The van der Waals surface area contributed by atoms with Crippen LogP contribution >= 0.6 is 11.6 Å². The van der Waals surface area contributed by atoms with Gasteiger partial charge in [-0.25, -0.2) is 9.69 Å². The van der Waals surface area contributed by atoms with E-state index in [4.69, 9.17) is 11.6 Å². The van der Waals surface area contributed by atoms with Crippen LogP contribution in [0.3, 0.4) is 0 Å². The van der Waals surface area contributed by atoms with Gasteiger partial charge in [-0.1, -0.05) is 43.5 Å². The summed E-state index contributed by atoms with van der Waals surface area (Å²) in [4.78, 5) is 51.6. The number of benzene rings is 1. The van der Waals surface area contributed by atoms with Gasteiger partial charge in [0.15, 0.2) is 0 Å². The second kappa shape index (κ2) is 8.31. The SMILES string of the molecule is C[C@H](NC(=O)CN1C(=O)C(=O)N([C@@H]2CCCC[C@@H]2C)C1=O)c1cccc(Cl)c1. The van der Waals surface area contributed by atoms with Crippen molar-refractivity contribution in [3.05, 3.63) is 34.9 Å². The average Bonchev–Trinajstić information content (AvgIpc) is 2.86. The molecule has 1 aromatic carbocycles. The Labute approximate surface area is 169 Å². The Balaban J connectivity index is 1.66. The Bertz CT molecular complexity index is 812. The van der Waals surface area contributed by atoms with Crippen LogP contribution in [0.1, 0.15) is 51.1 Å². The van der Waals surface area contributed by atoms with Crippen molar-refractivity contribution in [3.8, 4) is 0 Å². The molecule has 5 amide bonds. The lowest BCUT2D eigenvalue weighted by atomic mass is 9.85. The van der Waals surface area contributed by atoms with Crippen molar-refractivity contribution in [2.24, 2.45) is 5.92 Å². The van der Waals surface area contributed by atoms with Crippen molar-refractivity contribution in [2.45, 2.75) is 51.6 Å². The quantitative estimate of drug-likeness (QED) is 0.602. The topological polar surface area (TPSA) is 86.8 Å². The smallest absolute Gasteiger partial charge is 0.334 e. The van der Waals surface area contributed by atoms with E-state index in [1.807, 2.05) is 13.0 Å². The van der Waals surface area contributed by atoms with Crippen LogP contribution < -0.4 is 5.32 Å². The van der Waals surface area contributed by atoms with E-state index in [0.717, 1.165) is 34.6 Å². The minimum atomic E-state index is -0.937. The maximum Gasteiger partial charge on any atom is 0.334 e. The monoisotopic (exact) mass is 405 g/mol. The fourth-order valence-corrected chi connectivity index (χ4v) is 4.12. The van der Waals surface area contributed by atoms with E-state index >= 15 is 0 Å². The first-order chi connectivity index (χ1) is 13.3. The van der Waals surface area contributed by atoms with Crippen LogP contribution in [0.25, 0.3) is 0 Å². The summed E-state index contributed by atoms with van der Waals surface area (Å²) in [7, 11) is 0. The fourth-order valence-electron chi connectivity index (χ4n) is 3.92. The average molecular weight is 406 g/mol. The lowest BCUT2D eigenvalue weighted by Crippen LogP contribution is -2.47. The van der Waals surface area contributed by atoms with E-state index < -0.39 is 30.3 Å². The molecular formula is C20H24ClN3O4. The van der Waals surface area contributed by atoms with Crippen LogP contribution in [-0.2, 0) is 14.4 Å². The van der Waals surface area contributed by atoms with Crippen molar-refractivity contribution in [3.63, 3.8) is 0 Å². The molecule has 1 aliphatic heterocycles. The molecule has 0 radical (unpaired) electrons. The highest BCUT2D eigenvalue weighted by Gasteiger charge is 2.49. The maximum absolute atomic E-state index is 12.7. The zero-order valence-electron chi connectivity index (χ0n) is 16.0. The third-order valence-electron chi connectivity index (χ3n) is 5.51. The molecule has 1 aliphatic carbocycles. The highest BCUT2D eigenvalue weighted by molar-refractivity contribution is 6.45. The molecule has 0 aromatic heterocycles. The number of hydrogen-bond donors (Lipinski definition) is 1. The Hall–Kier alpha value is -2.41. The summed E-state index contributed by atoms with van der Waals surface area (Å²) < 4.78 is 0. The molecule has 7 nitrogen and oxygen atoms in total. The molecule has 1 saturated carbocycles. The van der Waals surface area contributed by atoms with Gasteiger partial charge in [0.05, 0.1) is 6.04 Å². The molecule has 3 atom stereocenters. The molecule has 0 bridgehead atoms. The Morgan fingerprint density at radius 2 is 1.93 bits per heavy atom. The number of rotatable bonds is 5. The minimum absolute atomic E-state index is 0.145. The van der Waals surface area contributed by atoms with E-state index in [-0.39, 0.29) is 18.0 Å². The molecule has 1 saturated heterocycles. The van der Waals surface area contributed by atoms with Gasteiger partial charge >= 0.3 is 17.8 Å². The summed E-state index contributed by atoms with van der Waals surface area (Å²) >= 11 is 5.97. The van der Waals surface area contributed by atoms with Crippen molar-refractivity contribution < 1.29 is 19.2 Å². The summed E-state index contributed by atoms with van der Waals surface area (Å²) in [5, 5.41) is 3.28. The number of hydrogen-bond acceptors (Lipinski definition) is 4.